The molecule has 1 aliphatic heterocycles. The Labute approximate surface area is 93.5 Å². The van der Waals surface area contributed by atoms with E-state index in [2.05, 4.69) is 0 Å². The van der Waals surface area contributed by atoms with Gasteiger partial charge in [-0.05, 0) is 18.6 Å². The highest BCUT2D eigenvalue weighted by Gasteiger charge is 2.31. The minimum atomic E-state index is -2.54. The molecular formula is C12H15F2NO. The van der Waals surface area contributed by atoms with Crippen LogP contribution >= 0.6 is 0 Å². The molecule has 4 heteroatoms. The average Bonchev–Trinajstić information content (AvgIpc) is 2.39. The van der Waals surface area contributed by atoms with Crippen molar-refractivity contribution in [2.45, 2.75) is 25.2 Å². The van der Waals surface area contributed by atoms with Crippen molar-refractivity contribution in [3.05, 3.63) is 24.3 Å². The van der Waals surface area contributed by atoms with Gasteiger partial charge in [0.15, 0.2) is 0 Å². The topological polar surface area (TPSA) is 23.5 Å². The Hall–Kier alpha value is -1.32. The molecule has 0 spiro atoms. The van der Waals surface area contributed by atoms with Gasteiger partial charge in [-0.2, -0.15) is 0 Å². The van der Waals surface area contributed by atoms with Crippen molar-refractivity contribution in [3.8, 4) is 5.75 Å². The van der Waals surface area contributed by atoms with E-state index in [1.807, 2.05) is 11.0 Å². The van der Waals surface area contributed by atoms with Crippen LogP contribution < -0.4 is 4.90 Å². The van der Waals surface area contributed by atoms with E-state index in [0.717, 1.165) is 5.69 Å². The molecule has 0 aromatic heterocycles. The van der Waals surface area contributed by atoms with Gasteiger partial charge in [-0.25, -0.2) is 8.78 Å². The fourth-order valence-electron chi connectivity index (χ4n) is 2.01. The molecular weight excluding hydrogens is 212 g/mol. The zero-order valence-corrected chi connectivity index (χ0v) is 9.00. The normalized spacial score (nSPS) is 20.5. The summed E-state index contributed by atoms with van der Waals surface area (Å²) in [6.45, 7) is 0.968. The molecule has 1 heterocycles. The van der Waals surface area contributed by atoms with E-state index in [1.54, 1.807) is 18.2 Å². The first-order chi connectivity index (χ1) is 7.57. The molecule has 1 aromatic carbocycles. The van der Waals surface area contributed by atoms with Gasteiger partial charge in [0.1, 0.15) is 5.75 Å². The summed E-state index contributed by atoms with van der Waals surface area (Å²) in [5.74, 6) is -2.36. The summed E-state index contributed by atoms with van der Waals surface area (Å²) in [6, 6.07) is 6.76. The van der Waals surface area contributed by atoms with E-state index >= 15 is 0 Å². The molecule has 1 aromatic rings. The maximum absolute atomic E-state index is 13.2. The Morgan fingerprint density at radius 2 is 2.00 bits per heavy atom. The van der Waals surface area contributed by atoms with E-state index < -0.39 is 5.92 Å². The number of hydrogen-bond acceptors (Lipinski definition) is 2. The molecule has 0 bridgehead atoms. The number of nitrogens with zero attached hydrogens (tertiary/aromatic N) is 1. The van der Waals surface area contributed by atoms with Gasteiger partial charge in [-0.3, -0.25) is 0 Å². The van der Waals surface area contributed by atoms with Crippen molar-refractivity contribution in [2.24, 2.45) is 0 Å². The fraction of sp³-hybridized carbons (Fsp3) is 0.500. The van der Waals surface area contributed by atoms with Crippen molar-refractivity contribution in [3.63, 3.8) is 0 Å². The lowest BCUT2D eigenvalue weighted by atomic mass is 10.1. The predicted octanol–water partition coefficient (Wildman–Crippen LogP) is 3.02. The number of rotatable bonds is 1. The van der Waals surface area contributed by atoms with Gasteiger partial charge in [-0.1, -0.05) is 6.07 Å². The van der Waals surface area contributed by atoms with E-state index in [1.165, 1.54) is 0 Å². The third-order valence-electron chi connectivity index (χ3n) is 2.91. The second-order valence-corrected chi connectivity index (χ2v) is 4.22. The minimum Gasteiger partial charge on any atom is -0.508 e. The highest BCUT2D eigenvalue weighted by molar-refractivity contribution is 5.50. The number of phenols is 1. The smallest absolute Gasteiger partial charge is 0.249 e. The van der Waals surface area contributed by atoms with Gasteiger partial charge in [0.25, 0.3) is 0 Å². The van der Waals surface area contributed by atoms with Crippen LogP contribution in [-0.2, 0) is 0 Å². The molecule has 1 saturated heterocycles. The molecule has 0 aliphatic carbocycles. The van der Waals surface area contributed by atoms with Gasteiger partial charge < -0.3 is 10.0 Å². The summed E-state index contributed by atoms with van der Waals surface area (Å²) in [5.41, 5.74) is 0.817. The quantitative estimate of drug-likeness (QED) is 0.797. The van der Waals surface area contributed by atoms with Crippen LogP contribution in [0.15, 0.2) is 24.3 Å². The number of hydrogen-bond donors (Lipinski definition) is 1. The summed E-state index contributed by atoms with van der Waals surface area (Å²) in [4.78, 5) is 1.90. The first-order valence-electron chi connectivity index (χ1n) is 5.49. The van der Waals surface area contributed by atoms with Crippen LogP contribution in [-0.4, -0.2) is 24.1 Å². The van der Waals surface area contributed by atoms with Crippen molar-refractivity contribution >= 4 is 5.69 Å². The van der Waals surface area contributed by atoms with E-state index in [4.69, 9.17) is 0 Å². The van der Waals surface area contributed by atoms with Gasteiger partial charge in [0.2, 0.25) is 5.92 Å². The molecule has 1 N–H and O–H groups in total. The van der Waals surface area contributed by atoms with Crippen LogP contribution in [0.2, 0.25) is 0 Å². The van der Waals surface area contributed by atoms with Gasteiger partial charge in [0.05, 0.1) is 0 Å². The van der Waals surface area contributed by atoms with E-state index in [9.17, 15) is 13.9 Å². The zero-order chi connectivity index (χ0) is 11.6. The first-order valence-corrected chi connectivity index (χ1v) is 5.49. The second kappa shape index (κ2) is 4.28. The number of anilines is 1. The Morgan fingerprint density at radius 1 is 1.19 bits per heavy atom. The Kier molecular flexibility index (Phi) is 2.99. The summed E-state index contributed by atoms with van der Waals surface area (Å²) >= 11 is 0. The summed E-state index contributed by atoms with van der Waals surface area (Å²) in [5, 5.41) is 9.34. The molecule has 0 amide bonds. The number of phenolic OH excluding ortho intramolecular Hbond substituents is 1. The largest absolute Gasteiger partial charge is 0.508 e. The van der Waals surface area contributed by atoms with Crippen LogP contribution in [0.4, 0.5) is 14.5 Å². The molecule has 0 unspecified atom stereocenters. The Bertz CT molecular complexity index is 368. The SMILES string of the molecule is Oc1cccc(N2CCCC(F)(F)CC2)c1. The third kappa shape index (κ3) is 2.62. The molecule has 1 fully saturated rings. The molecule has 0 atom stereocenters. The van der Waals surface area contributed by atoms with Gasteiger partial charge in [0, 0.05) is 37.7 Å². The zero-order valence-electron chi connectivity index (χ0n) is 9.00. The molecule has 2 nitrogen and oxygen atoms in total. The first kappa shape index (κ1) is 11.2. The van der Waals surface area contributed by atoms with Crippen LogP contribution in [0.25, 0.3) is 0 Å². The average molecular weight is 227 g/mol. The van der Waals surface area contributed by atoms with Crippen molar-refractivity contribution < 1.29 is 13.9 Å². The molecule has 0 radical (unpaired) electrons. The van der Waals surface area contributed by atoms with Crippen LogP contribution in [0.5, 0.6) is 5.75 Å². The summed E-state index contributed by atoms with van der Waals surface area (Å²) in [6.07, 6.45) is 0.341. The van der Waals surface area contributed by atoms with Crippen LogP contribution in [0, 0.1) is 0 Å². The van der Waals surface area contributed by atoms with Gasteiger partial charge in [-0.15, -0.1) is 0 Å². The van der Waals surface area contributed by atoms with Crippen molar-refractivity contribution in [2.75, 3.05) is 18.0 Å². The standard InChI is InChI=1S/C12H15F2NO/c13-12(14)5-2-7-15(8-6-12)10-3-1-4-11(16)9-10/h1,3-4,9,16H,2,5-8H2. The van der Waals surface area contributed by atoms with E-state index in [-0.39, 0.29) is 18.6 Å². The highest BCUT2D eigenvalue weighted by Crippen LogP contribution is 2.30. The summed E-state index contributed by atoms with van der Waals surface area (Å²) in [7, 11) is 0. The Balaban J connectivity index is 2.11. The predicted molar refractivity (Wildman–Crippen MR) is 59.1 cm³/mol. The molecule has 88 valence electrons. The Morgan fingerprint density at radius 3 is 2.75 bits per heavy atom. The second-order valence-electron chi connectivity index (χ2n) is 4.22. The molecule has 16 heavy (non-hydrogen) atoms. The monoisotopic (exact) mass is 227 g/mol. The van der Waals surface area contributed by atoms with Crippen LogP contribution in [0.1, 0.15) is 19.3 Å². The number of halogens is 2. The lowest BCUT2D eigenvalue weighted by Gasteiger charge is -2.22. The fourth-order valence-corrected chi connectivity index (χ4v) is 2.01. The third-order valence-corrected chi connectivity index (χ3v) is 2.91. The number of aromatic hydroxyl groups is 1. The minimum absolute atomic E-state index is 0.0394. The molecule has 0 saturated carbocycles. The maximum atomic E-state index is 13.2. The van der Waals surface area contributed by atoms with Crippen molar-refractivity contribution in [1.82, 2.24) is 0 Å². The number of alkyl halides is 2. The number of benzene rings is 1. The van der Waals surface area contributed by atoms with E-state index in [0.29, 0.717) is 19.5 Å². The maximum Gasteiger partial charge on any atom is 0.249 e. The van der Waals surface area contributed by atoms with Gasteiger partial charge >= 0.3 is 0 Å². The lowest BCUT2D eigenvalue weighted by Crippen LogP contribution is -2.25. The van der Waals surface area contributed by atoms with Crippen LogP contribution in [0.3, 0.4) is 0 Å². The molecule has 2 rings (SSSR count). The molecule has 1 aliphatic rings. The summed E-state index contributed by atoms with van der Waals surface area (Å²) < 4.78 is 26.3. The highest BCUT2D eigenvalue weighted by atomic mass is 19.3. The van der Waals surface area contributed by atoms with Crippen molar-refractivity contribution in [1.29, 1.82) is 0 Å². The lowest BCUT2D eigenvalue weighted by molar-refractivity contribution is -0.0102.